The van der Waals surface area contributed by atoms with Gasteiger partial charge in [0.15, 0.2) is 0 Å². The molecule has 0 atom stereocenters. The van der Waals surface area contributed by atoms with Crippen LogP contribution >= 0.6 is 0 Å². The van der Waals surface area contributed by atoms with Gasteiger partial charge in [-0.3, -0.25) is 0 Å². The van der Waals surface area contributed by atoms with Gasteiger partial charge in [-0.05, 0) is 87.0 Å². The van der Waals surface area contributed by atoms with Crippen LogP contribution in [0.3, 0.4) is 0 Å². The summed E-state index contributed by atoms with van der Waals surface area (Å²) in [5.41, 5.74) is 7.96. The number of hydrogen-bond donors (Lipinski definition) is 1. The molecule has 0 amide bonds. The number of carbonyl (C=O) groups excluding carboxylic acids is 1. The molecule has 0 radical (unpaired) electrons. The Bertz CT molecular complexity index is 558. The fourth-order valence-corrected chi connectivity index (χ4v) is 5.21. The van der Waals surface area contributed by atoms with Crippen LogP contribution < -0.4 is 5.73 Å². The Hall–Kier alpha value is -1.51. The number of hydrogen-bond acceptors (Lipinski definition) is 3. The van der Waals surface area contributed by atoms with Crippen molar-refractivity contribution >= 4 is 11.7 Å². The predicted octanol–water partition coefficient (Wildman–Crippen LogP) is 3.70. The van der Waals surface area contributed by atoms with Gasteiger partial charge < -0.3 is 10.5 Å². The monoisotopic (exact) mass is 285 g/mol. The fourth-order valence-electron chi connectivity index (χ4n) is 5.21. The van der Waals surface area contributed by atoms with E-state index in [1.165, 1.54) is 19.3 Å². The Labute approximate surface area is 125 Å². The van der Waals surface area contributed by atoms with Gasteiger partial charge in [-0.1, -0.05) is 0 Å². The molecule has 3 nitrogen and oxygen atoms in total. The number of nitrogen functional groups attached to an aromatic ring is 1. The van der Waals surface area contributed by atoms with Crippen LogP contribution in [0.1, 0.15) is 54.4 Å². The summed E-state index contributed by atoms with van der Waals surface area (Å²) in [4.78, 5) is 12.5. The summed E-state index contributed by atoms with van der Waals surface area (Å²) in [6.07, 6.45) is 7.32. The molecule has 0 spiro atoms. The standard InChI is InChI=1S/C18H23NO2/c1-11-4-15(2-3-16(11)19)17(20)21-18-8-12-5-13(9-18)7-14(6-12)10-18/h2-4,12-14H,5-10,19H2,1H3. The zero-order chi connectivity index (χ0) is 14.6. The average Bonchev–Trinajstić information content (AvgIpc) is 2.39. The third-order valence-electron chi connectivity index (χ3n) is 5.80. The van der Waals surface area contributed by atoms with Gasteiger partial charge >= 0.3 is 5.97 Å². The number of ether oxygens (including phenoxy) is 1. The summed E-state index contributed by atoms with van der Waals surface area (Å²) in [7, 11) is 0. The molecule has 4 saturated carbocycles. The van der Waals surface area contributed by atoms with E-state index < -0.39 is 0 Å². The van der Waals surface area contributed by atoms with Gasteiger partial charge in [0, 0.05) is 5.69 Å². The van der Waals surface area contributed by atoms with Crippen molar-refractivity contribution in [2.24, 2.45) is 17.8 Å². The van der Waals surface area contributed by atoms with Crippen molar-refractivity contribution in [3.63, 3.8) is 0 Å². The summed E-state index contributed by atoms with van der Waals surface area (Å²) in [5, 5.41) is 0. The number of rotatable bonds is 2. The summed E-state index contributed by atoms with van der Waals surface area (Å²) in [6, 6.07) is 5.43. The van der Waals surface area contributed by atoms with E-state index in [1.54, 1.807) is 12.1 Å². The number of aryl methyl sites for hydroxylation is 1. The molecule has 4 aliphatic carbocycles. The fraction of sp³-hybridized carbons (Fsp3) is 0.611. The highest BCUT2D eigenvalue weighted by molar-refractivity contribution is 5.90. The number of benzene rings is 1. The van der Waals surface area contributed by atoms with Gasteiger partial charge in [-0.15, -0.1) is 0 Å². The highest BCUT2D eigenvalue weighted by Gasteiger charge is 2.53. The average molecular weight is 285 g/mol. The maximum absolute atomic E-state index is 12.5. The first kappa shape index (κ1) is 13.2. The first-order chi connectivity index (χ1) is 10.0. The normalized spacial score (nSPS) is 36.7. The Morgan fingerprint density at radius 1 is 1.14 bits per heavy atom. The van der Waals surface area contributed by atoms with E-state index in [1.807, 2.05) is 13.0 Å². The Kier molecular flexibility index (Phi) is 2.82. The summed E-state index contributed by atoms with van der Waals surface area (Å²) < 4.78 is 6.05. The Morgan fingerprint density at radius 2 is 1.71 bits per heavy atom. The van der Waals surface area contributed by atoms with Crippen molar-refractivity contribution in [3.05, 3.63) is 29.3 Å². The second-order valence-corrected chi connectivity index (χ2v) is 7.56. The van der Waals surface area contributed by atoms with Crippen LogP contribution in [0.15, 0.2) is 18.2 Å². The smallest absolute Gasteiger partial charge is 0.338 e. The number of anilines is 1. The number of carbonyl (C=O) groups is 1. The highest BCUT2D eigenvalue weighted by Crippen LogP contribution is 2.57. The lowest BCUT2D eigenvalue weighted by Gasteiger charge is -2.55. The van der Waals surface area contributed by atoms with Crippen LogP contribution in [-0.2, 0) is 4.74 Å². The minimum atomic E-state index is -0.167. The lowest BCUT2D eigenvalue weighted by atomic mass is 9.54. The van der Waals surface area contributed by atoms with E-state index in [2.05, 4.69) is 0 Å². The molecule has 2 N–H and O–H groups in total. The molecule has 0 saturated heterocycles. The van der Waals surface area contributed by atoms with E-state index in [-0.39, 0.29) is 11.6 Å². The van der Waals surface area contributed by atoms with Crippen molar-refractivity contribution < 1.29 is 9.53 Å². The van der Waals surface area contributed by atoms with E-state index in [9.17, 15) is 4.79 Å². The zero-order valence-corrected chi connectivity index (χ0v) is 12.6. The zero-order valence-electron chi connectivity index (χ0n) is 12.6. The molecule has 0 aliphatic heterocycles. The summed E-state index contributed by atoms with van der Waals surface area (Å²) in [6.45, 7) is 1.93. The number of nitrogens with two attached hydrogens (primary N) is 1. The molecule has 3 heteroatoms. The van der Waals surface area contributed by atoms with Crippen LogP contribution in [-0.4, -0.2) is 11.6 Å². The Balaban J connectivity index is 1.55. The number of esters is 1. The minimum Gasteiger partial charge on any atom is -0.455 e. The van der Waals surface area contributed by atoms with Gasteiger partial charge in [-0.2, -0.15) is 0 Å². The lowest BCUT2D eigenvalue weighted by molar-refractivity contribution is -0.131. The van der Waals surface area contributed by atoms with Crippen molar-refractivity contribution in [2.75, 3.05) is 5.73 Å². The highest BCUT2D eigenvalue weighted by atomic mass is 16.6. The molecule has 5 rings (SSSR count). The van der Waals surface area contributed by atoms with Gasteiger partial charge in [0.1, 0.15) is 5.60 Å². The van der Waals surface area contributed by atoms with Crippen molar-refractivity contribution in [2.45, 2.75) is 51.0 Å². The molecular weight excluding hydrogens is 262 g/mol. The predicted molar refractivity (Wildman–Crippen MR) is 81.9 cm³/mol. The molecule has 112 valence electrons. The van der Waals surface area contributed by atoms with Gasteiger partial charge in [0.25, 0.3) is 0 Å². The summed E-state index contributed by atoms with van der Waals surface area (Å²) in [5.74, 6) is 2.20. The van der Waals surface area contributed by atoms with E-state index in [0.717, 1.165) is 48.3 Å². The Morgan fingerprint density at radius 3 is 2.24 bits per heavy atom. The summed E-state index contributed by atoms with van der Waals surface area (Å²) >= 11 is 0. The third kappa shape index (κ3) is 2.23. The minimum absolute atomic E-state index is 0.166. The molecule has 21 heavy (non-hydrogen) atoms. The maximum atomic E-state index is 12.5. The molecule has 0 heterocycles. The molecule has 1 aromatic rings. The lowest BCUT2D eigenvalue weighted by Crippen LogP contribution is -2.52. The van der Waals surface area contributed by atoms with Crippen molar-refractivity contribution in [3.8, 4) is 0 Å². The van der Waals surface area contributed by atoms with Crippen LogP contribution in [0.2, 0.25) is 0 Å². The molecule has 0 unspecified atom stereocenters. The molecule has 4 bridgehead atoms. The molecule has 0 aromatic heterocycles. The van der Waals surface area contributed by atoms with Crippen molar-refractivity contribution in [1.82, 2.24) is 0 Å². The second kappa shape index (κ2) is 4.49. The van der Waals surface area contributed by atoms with Crippen LogP contribution in [0, 0.1) is 24.7 Å². The van der Waals surface area contributed by atoms with Crippen molar-refractivity contribution in [1.29, 1.82) is 0 Å². The van der Waals surface area contributed by atoms with Gasteiger partial charge in [-0.25, -0.2) is 4.79 Å². The largest absolute Gasteiger partial charge is 0.455 e. The molecule has 4 aliphatic rings. The van der Waals surface area contributed by atoms with Crippen LogP contribution in [0.4, 0.5) is 5.69 Å². The quantitative estimate of drug-likeness (QED) is 0.666. The first-order valence-electron chi connectivity index (χ1n) is 8.12. The first-order valence-corrected chi connectivity index (χ1v) is 8.12. The van der Waals surface area contributed by atoms with Crippen LogP contribution in [0.5, 0.6) is 0 Å². The third-order valence-corrected chi connectivity index (χ3v) is 5.80. The van der Waals surface area contributed by atoms with Gasteiger partial charge in [0.05, 0.1) is 5.56 Å². The van der Waals surface area contributed by atoms with E-state index in [4.69, 9.17) is 10.5 Å². The second-order valence-electron chi connectivity index (χ2n) is 7.56. The molecule has 4 fully saturated rings. The molecule has 1 aromatic carbocycles. The van der Waals surface area contributed by atoms with E-state index in [0.29, 0.717) is 5.56 Å². The maximum Gasteiger partial charge on any atom is 0.338 e. The van der Waals surface area contributed by atoms with E-state index >= 15 is 0 Å². The van der Waals surface area contributed by atoms with Gasteiger partial charge in [0.2, 0.25) is 0 Å². The SMILES string of the molecule is Cc1cc(C(=O)OC23CC4CC(CC(C4)C2)C3)ccc1N. The van der Waals surface area contributed by atoms with Crippen LogP contribution in [0.25, 0.3) is 0 Å². The molecular formula is C18H23NO2. The topological polar surface area (TPSA) is 52.3 Å².